The number of nitrogens with zero attached hydrogens (tertiary/aromatic N) is 1. The maximum Gasteiger partial charge on any atom is 0.471 e. The molecule has 0 unspecified atom stereocenters. The van der Waals surface area contributed by atoms with Crippen molar-refractivity contribution in [1.82, 2.24) is 10.2 Å². The molecule has 0 saturated carbocycles. The third-order valence-electron chi connectivity index (χ3n) is 6.17. The van der Waals surface area contributed by atoms with Crippen LogP contribution in [-0.2, 0) is 21.1 Å². The van der Waals surface area contributed by atoms with Crippen molar-refractivity contribution in [3.8, 4) is 5.75 Å². The van der Waals surface area contributed by atoms with Gasteiger partial charge < -0.3 is 10.1 Å². The van der Waals surface area contributed by atoms with Crippen LogP contribution in [0.1, 0.15) is 30.1 Å². The van der Waals surface area contributed by atoms with Crippen LogP contribution in [0.15, 0.2) is 53.4 Å². The van der Waals surface area contributed by atoms with E-state index >= 15 is 0 Å². The monoisotopic (exact) mass is 482 g/mol. The molecule has 178 valence electrons. The highest BCUT2D eigenvalue weighted by Gasteiger charge is 2.43. The number of rotatable bonds is 5. The van der Waals surface area contributed by atoms with E-state index in [0.29, 0.717) is 38.1 Å². The van der Waals surface area contributed by atoms with Gasteiger partial charge in [0.15, 0.2) is 9.84 Å². The summed E-state index contributed by atoms with van der Waals surface area (Å²) in [7, 11) is -3.33. The topological polar surface area (TPSA) is 75.7 Å². The number of likely N-dealkylation sites (tertiary alicyclic amines) is 1. The number of benzene rings is 2. The first-order chi connectivity index (χ1) is 15.5. The molecule has 6 nitrogen and oxygen atoms in total. The van der Waals surface area contributed by atoms with Gasteiger partial charge in [-0.25, -0.2) is 8.42 Å². The average molecular weight is 483 g/mol. The molecule has 10 heteroatoms. The second-order valence-electron chi connectivity index (χ2n) is 8.56. The predicted molar refractivity (Wildman–Crippen MR) is 116 cm³/mol. The molecule has 0 aromatic heterocycles. The Labute approximate surface area is 190 Å². The van der Waals surface area contributed by atoms with E-state index in [1.165, 1.54) is 12.1 Å². The number of carbonyl (C=O) groups excluding carboxylic acids is 1. The normalized spacial score (nSPS) is 23.7. The molecule has 1 amide bonds. The van der Waals surface area contributed by atoms with Crippen LogP contribution in [0.4, 0.5) is 13.2 Å². The van der Waals surface area contributed by atoms with Gasteiger partial charge in [0.2, 0.25) is 0 Å². The second kappa shape index (κ2) is 8.98. The molecule has 1 aliphatic heterocycles. The summed E-state index contributed by atoms with van der Waals surface area (Å²) in [5.41, 5.74) is 2.10. The Morgan fingerprint density at radius 2 is 1.82 bits per heavy atom. The fourth-order valence-corrected chi connectivity index (χ4v) is 5.24. The maximum atomic E-state index is 12.7. The zero-order chi connectivity index (χ0) is 23.8. The smallest absolute Gasteiger partial charge is 0.471 e. The number of hydrogen-bond acceptors (Lipinski definition) is 5. The number of sulfone groups is 1. The summed E-state index contributed by atoms with van der Waals surface area (Å²) in [4.78, 5) is 13.7. The van der Waals surface area contributed by atoms with E-state index in [4.69, 9.17) is 4.74 Å². The van der Waals surface area contributed by atoms with Crippen molar-refractivity contribution >= 4 is 15.7 Å². The lowest BCUT2D eigenvalue weighted by Crippen LogP contribution is -2.54. The van der Waals surface area contributed by atoms with Gasteiger partial charge in [-0.2, -0.15) is 13.2 Å². The minimum atomic E-state index is -4.91. The zero-order valence-electron chi connectivity index (χ0n) is 18.0. The fourth-order valence-electron chi connectivity index (χ4n) is 4.60. The molecule has 1 saturated heterocycles. The number of amides is 1. The third-order valence-corrected chi connectivity index (χ3v) is 7.30. The Morgan fingerprint density at radius 3 is 2.48 bits per heavy atom. The van der Waals surface area contributed by atoms with Crippen molar-refractivity contribution in [3.05, 3.63) is 59.7 Å². The quantitative estimate of drug-likeness (QED) is 0.708. The van der Waals surface area contributed by atoms with Crippen LogP contribution in [0.25, 0.3) is 0 Å². The van der Waals surface area contributed by atoms with Gasteiger partial charge in [-0.1, -0.05) is 24.3 Å². The molecule has 33 heavy (non-hydrogen) atoms. The molecular weight excluding hydrogens is 457 g/mol. The van der Waals surface area contributed by atoms with E-state index in [2.05, 4.69) is 10.2 Å². The predicted octanol–water partition coefficient (Wildman–Crippen LogP) is 3.28. The van der Waals surface area contributed by atoms with Crippen molar-refractivity contribution in [2.75, 3.05) is 19.3 Å². The minimum Gasteiger partial charge on any atom is -0.484 e. The summed E-state index contributed by atoms with van der Waals surface area (Å²) >= 11 is 0. The highest BCUT2D eigenvalue weighted by atomic mass is 32.2. The summed E-state index contributed by atoms with van der Waals surface area (Å²) in [6.45, 7) is 0.983. The van der Waals surface area contributed by atoms with E-state index in [1.54, 1.807) is 12.1 Å². The van der Waals surface area contributed by atoms with Crippen LogP contribution >= 0.6 is 0 Å². The first-order valence-corrected chi connectivity index (χ1v) is 12.6. The van der Waals surface area contributed by atoms with Gasteiger partial charge in [0.25, 0.3) is 0 Å². The molecule has 4 rings (SSSR count). The summed E-state index contributed by atoms with van der Waals surface area (Å²) in [5.74, 6) is -1.41. The van der Waals surface area contributed by atoms with Crippen LogP contribution in [0, 0.1) is 0 Å². The van der Waals surface area contributed by atoms with Crippen molar-refractivity contribution in [2.24, 2.45) is 0 Å². The van der Waals surface area contributed by atoms with Gasteiger partial charge in [-0.3, -0.25) is 9.69 Å². The molecule has 0 radical (unpaired) electrons. The van der Waals surface area contributed by atoms with Gasteiger partial charge in [-0.05, 0) is 61.2 Å². The molecule has 3 atom stereocenters. The van der Waals surface area contributed by atoms with Gasteiger partial charge in [-0.15, -0.1) is 0 Å². The highest BCUT2D eigenvalue weighted by Crippen LogP contribution is 2.39. The van der Waals surface area contributed by atoms with E-state index in [-0.39, 0.29) is 17.0 Å². The molecule has 1 fully saturated rings. The minimum absolute atomic E-state index is 0.123. The molecule has 0 bridgehead atoms. The number of halogens is 3. The van der Waals surface area contributed by atoms with Gasteiger partial charge in [0.1, 0.15) is 11.9 Å². The number of alkyl halides is 3. The first-order valence-electron chi connectivity index (χ1n) is 10.7. The number of hydrogen-bond donors (Lipinski definition) is 1. The summed E-state index contributed by atoms with van der Waals surface area (Å²) in [6.07, 6.45) is -2.33. The van der Waals surface area contributed by atoms with Crippen LogP contribution in [0.2, 0.25) is 0 Å². The van der Waals surface area contributed by atoms with Gasteiger partial charge >= 0.3 is 12.1 Å². The zero-order valence-corrected chi connectivity index (χ0v) is 18.8. The van der Waals surface area contributed by atoms with Crippen LogP contribution < -0.4 is 10.1 Å². The average Bonchev–Trinajstić information content (AvgIpc) is 3.11. The van der Waals surface area contributed by atoms with Gasteiger partial charge in [0, 0.05) is 18.8 Å². The Bertz CT molecular complexity index is 1120. The Morgan fingerprint density at radius 1 is 1.12 bits per heavy atom. The summed E-state index contributed by atoms with van der Waals surface area (Å²) in [5, 5.41) is 2.11. The SMILES string of the molecule is CS(=O)(=O)c1ccc(O[C@H]2c3ccccc3C[C@@H]2N2CCC[C@@H](NC(=O)C(F)(F)F)C2)cc1. The van der Waals surface area contributed by atoms with Crippen molar-refractivity contribution < 1.29 is 31.1 Å². The highest BCUT2D eigenvalue weighted by molar-refractivity contribution is 7.90. The molecule has 1 heterocycles. The van der Waals surface area contributed by atoms with Crippen LogP contribution in [0.5, 0.6) is 5.75 Å². The Hall–Kier alpha value is -2.59. The van der Waals surface area contributed by atoms with E-state index in [0.717, 1.165) is 17.4 Å². The van der Waals surface area contributed by atoms with Crippen LogP contribution in [-0.4, -0.2) is 56.8 Å². The summed E-state index contributed by atoms with van der Waals surface area (Å²) in [6, 6.07) is 13.3. The molecule has 0 spiro atoms. The number of carbonyl (C=O) groups is 1. The van der Waals surface area contributed by atoms with E-state index in [1.807, 2.05) is 24.3 Å². The molecule has 1 N–H and O–H groups in total. The standard InChI is InChI=1S/C23H25F3N2O4S/c1-33(30,31)18-10-8-17(9-11-18)32-21-19-7-3-2-5-15(19)13-20(21)28-12-4-6-16(14-28)27-22(29)23(24,25)26/h2-3,5,7-11,16,20-21H,4,6,12-14H2,1H3,(H,27,29)/t16-,20+,21+/m1/s1. The molecule has 2 aromatic rings. The lowest BCUT2D eigenvalue weighted by molar-refractivity contribution is -0.174. The third kappa shape index (κ3) is 5.33. The molecular formula is C23H25F3N2O4S. The van der Waals surface area contributed by atoms with Crippen molar-refractivity contribution in [2.45, 2.75) is 48.5 Å². The lowest BCUT2D eigenvalue weighted by Gasteiger charge is -2.39. The molecule has 1 aliphatic carbocycles. The lowest BCUT2D eigenvalue weighted by atomic mass is 10.0. The summed E-state index contributed by atoms with van der Waals surface area (Å²) < 4.78 is 67.9. The second-order valence-corrected chi connectivity index (χ2v) is 10.6. The molecule has 2 aromatic carbocycles. The fraction of sp³-hybridized carbons (Fsp3) is 0.435. The Balaban J connectivity index is 1.54. The van der Waals surface area contributed by atoms with Crippen LogP contribution in [0.3, 0.4) is 0 Å². The number of nitrogens with one attached hydrogen (secondary N) is 1. The van der Waals surface area contributed by atoms with Crippen molar-refractivity contribution in [1.29, 1.82) is 0 Å². The maximum absolute atomic E-state index is 12.7. The van der Waals surface area contributed by atoms with E-state index < -0.39 is 28.0 Å². The number of piperidine rings is 1. The number of fused-ring (bicyclic) bond motifs is 1. The van der Waals surface area contributed by atoms with E-state index in [9.17, 15) is 26.4 Å². The van der Waals surface area contributed by atoms with Crippen molar-refractivity contribution in [3.63, 3.8) is 0 Å². The molecule has 2 aliphatic rings. The first kappa shape index (κ1) is 23.6. The number of ether oxygens (including phenoxy) is 1. The Kier molecular flexibility index (Phi) is 6.41. The van der Waals surface area contributed by atoms with Gasteiger partial charge in [0.05, 0.1) is 10.9 Å². The largest absolute Gasteiger partial charge is 0.484 e.